The number of nitrogens with zero attached hydrogens (tertiary/aromatic N) is 3. The van der Waals surface area contributed by atoms with Gasteiger partial charge in [-0.3, -0.25) is 0 Å². The molecule has 304 valence electrons. The molecule has 0 amide bonds. The summed E-state index contributed by atoms with van der Waals surface area (Å²) in [5.41, 5.74) is 15.4. The average Bonchev–Trinajstić information content (AvgIpc) is 3.79. The highest BCUT2D eigenvalue weighted by Gasteiger charge is 2.20. The first kappa shape index (κ1) is 38.0. The highest BCUT2D eigenvalue weighted by Crippen LogP contribution is 2.41. The Bertz CT molecular complexity index is 3620. The van der Waals surface area contributed by atoms with Crippen LogP contribution in [0.1, 0.15) is 0 Å². The van der Waals surface area contributed by atoms with Gasteiger partial charge in [-0.2, -0.15) is 0 Å². The van der Waals surface area contributed by atoms with Crippen LogP contribution in [0, 0.1) is 0 Å². The van der Waals surface area contributed by atoms with Crippen molar-refractivity contribution in [1.82, 2.24) is 15.0 Å². The molecule has 0 atom stereocenters. The Morgan fingerprint density at radius 2 is 0.723 bits per heavy atom. The molecule has 2 aromatic heterocycles. The molecule has 0 radical (unpaired) electrons. The van der Waals surface area contributed by atoms with Gasteiger partial charge in [-0.25, -0.2) is 15.0 Å². The van der Waals surface area contributed by atoms with Crippen molar-refractivity contribution in [2.75, 3.05) is 0 Å². The molecular formula is C61H39N3O. The first-order chi connectivity index (χ1) is 32.2. The second-order valence-electron chi connectivity index (χ2n) is 16.4. The van der Waals surface area contributed by atoms with Crippen LogP contribution >= 0.6 is 0 Å². The zero-order valence-electron chi connectivity index (χ0n) is 35.3. The van der Waals surface area contributed by atoms with Gasteiger partial charge < -0.3 is 4.42 Å². The van der Waals surface area contributed by atoms with Gasteiger partial charge in [0.15, 0.2) is 17.5 Å². The van der Waals surface area contributed by atoms with Crippen LogP contribution in [-0.2, 0) is 0 Å². The van der Waals surface area contributed by atoms with Crippen LogP contribution in [0.3, 0.4) is 0 Å². The van der Waals surface area contributed by atoms with Crippen molar-refractivity contribution in [3.05, 3.63) is 237 Å². The normalized spacial score (nSPS) is 11.4. The third-order valence-electron chi connectivity index (χ3n) is 12.3. The SMILES string of the molecule is c1ccc(-c2ccc(-c3nc(-c4cc(-c5ccccc5)cc(-c5ccccc5)c4)nc(-c4cccc5oc6c(-c7ccc(-c8ccc9ccccc9c8)cc7)cccc6c45)n3)cc2)cc1. The molecule has 12 rings (SSSR count). The molecule has 0 N–H and O–H groups in total. The van der Waals surface area contributed by atoms with Gasteiger partial charge in [0.05, 0.1) is 0 Å². The van der Waals surface area contributed by atoms with E-state index in [0.29, 0.717) is 17.5 Å². The van der Waals surface area contributed by atoms with Gasteiger partial charge in [0, 0.05) is 33.0 Å². The molecule has 4 heteroatoms. The van der Waals surface area contributed by atoms with Gasteiger partial charge in [0.2, 0.25) is 0 Å². The van der Waals surface area contributed by atoms with E-state index in [-0.39, 0.29) is 0 Å². The van der Waals surface area contributed by atoms with Crippen LogP contribution in [0.15, 0.2) is 241 Å². The third-order valence-corrected chi connectivity index (χ3v) is 12.3. The Kier molecular flexibility index (Phi) is 9.46. The number of benzene rings is 10. The zero-order valence-corrected chi connectivity index (χ0v) is 35.3. The van der Waals surface area contributed by atoms with Crippen LogP contribution in [0.25, 0.3) is 123 Å². The van der Waals surface area contributed by atoms with Crippen molar-refractivity contribution >= 4 is 32.7 Å². The molecule has 4 nitrogen and oxygen atoms in total. The standard InChI is InChI=1S/C61H39N3O/c1-4-14-40(15-5-1)44-28-33-47(34-29-44)59-62-60(52-38-50(41-16-6-2-7-17-41)37-51(39-52)42-18-8-3-9-19-42)64-61(63-59)55-24-13-25-56-57(55)54-23-12-22-53(58(54)65-56)46-31-26-45(27-32-46)49-35-30-43-20-10-11-21-48(43)36-49/h1-39H. The Morgan fingerprint density at radius 1 is 0.262 bits per heavy atom. The largest absolute Gasteiger partial charge is 0.455 e. The zero-order chi connectivity index (χ0) is 43.1. The molecule has 65 heavy (non-hydrogen) atoms. The molecule has 0 aliphatic heterocycles. The molecule has 0 saturated carbocycles. The molecule has 12 aromatic rings. The lowest BCUT2D eigenvalue weighted by Crippen LogP contribution is -2.01. The number of rotatable bonds is 8. The molecule has 2 heterocycles. The predicted octanol–water partition coefficient (Wildman–Crippen LogP) is 16.3. The van der Waals surface area contributed by atoms with Crippen molar-refractivity contribution in [3.63, 3.8) is 0 Å². The van der Waals surface area contributed by atoms with Crippen molar-refractivity contribution in [3.8, 4) is 89.8 Å². The monoisotopic (exact) mass is 829 g/mol. The maximum absolute atomic E-state index is 6.81. The fourth-order valence-corrected chi connectivity index (χ4v) is 9.02. The molecule has 0 spiro atoms. The summed E-state index contributed by atoms with van der Waals surface area (Å²) < 4.78 is 6.81. The first-order valence-electron chi connectivity index (χ1n) is 21.9. The minimum absolute atomic E-state index is 0.571. The van der Waals surface area contributed by atoms with E-state index in [2.05, 4.69) is 206 Å². The van der Waals surface area contributed by atoms with E-state index in [9.17, 15) is 0 Å². The van der Waals surface area contributed by atoms with E-state index < -0.39 is 0 Å². The van der Waals surface area contributed by atoms with Gasteiger partial charge in [-0.15, -0.1) is 0 Å². The fourth-order valence-electron chi connectivity index (χ4n) is 9.02. The molecule has 0 bridgehead atoms. The lowest BCUT2D eigenvalue weighted by atomic mass is 9.95. The van der Waals surface area contributed by atoms with E-state index in [0.717, 1.165) is 83.1 Å². The minimum Gasteiger partial charge on any atom is -0.455 e. The van der Waals surface area contributed by atoms with Crippen molar-refractivity contribution in [1.29, 1.82) is 0 Å². The Hall–Kier alpha value is -8.73. The quantitative estimate of drug-likeness (QED) is 0.153. The lowest BCUT2D eigenvalue weighted by molar-refractivity contribution is 0.670. The minimum atomic E-state index is 0.571. The van der Waals surface area contributed by atoms with Gasteiger partial charge >= 0.3 is 0 Å². The summed E-state index contributed by atoms with van der Waals surface area (Å²) in [4.78, 5) is 15.9. The number of aromatic nitrogens is 3. The maximum atomic E-state index is 6.81. The summed E-state index contributed by atoms with van der Waals surface area (Å²) in [6.45, 7) is 0. The highest BCUT2D eigenvalue weighted by molar-refractivity contribution is 6.15. The van der Waals surface area contributed by atoms with E-state index in [1.54, 1.807) is 0 Å². The van der Waals surface area contributed by atoms with Gasteiger partial charge in [-0.1, -0.05) is 206 Å². The van der Waals surface area contributed by atoms with Crippen LogP contribution in [-0.4, -0.2) is 15.0 Å². The summed E-state index contributed by atoms with van der Waals surface area (Å²) in [5, 5.41) is 4.43. The number of para-hydroxylation sites is 1. The molecule has 10 aromatic carbocycles. The van der Waals surface area contributed by atoms with E-state index in [4.69, 9.17) is 19.4 Å². The van der Waals surface area contributed by atoms with Crippen LogP contribution in [0.4, 0.5) is 0 Å². The summed E-state index contributed by atoms with van der Waals surface area (Å²) in [6, 6.07) is 82.9. The third kappa shape index (κ3) is 7.23. The number of hydrogen-bond acceptors (Lipinski definition) is 4. The second kappa shape index (κ2) is 16.2. The first-order valence-corrected chi connectivity index (χ1v) is 21.9. The molecule has 0 fully saturated rings. The van der Waals surface area contributed by atoms with Crippen LogP contribution in [0.2, 0.25) is 0 Å². The van der Waals surface area contributed by atoms with Gasteiger partial charge in [-0.05, 0) is 91.2 Å². The van der Waals surface area contributed by atoms with E-state index in [1.165, 1.54) is 21.9 Å². The van der Waals surface area contributed by atoms with E-state index >= 15 is 0 Å². The maximum Gasteiger partial charge on any atom is 0.164 e. The van der Waals surface area contributed by atoms with Crippen LogP contribution in [0.5, 0.6) is 0 Å². The van der Waals surface area contributed by atoms with Gasteiger partial charge in [0.25, 0.3) is 0 Å². The fraction of sp³-hybridized carbons (Fsp3) is 0. The Morgan fingerprint density at radius 3 is 1.38 bits per heavy atom. The van der Waals surface area contributed by atoms with Crippen molar-refractivity contribution < 1.29 is 4.42 Å². The Balaban J connectivity index is 1.01. The number of furan rings is 1. The number of fused-ring (bicyclic) bond motifs is 4. The summed E-state index contributed by atoms with van der Waals surface area (Å²) in [7, 11) is 0. The predicted molar refractivity (Wildman–Crippen MR) is 268 cm³/mol. The summed E-state index contributed by atoms with van der Waals surface area (Å²) in [5.74, 6) is 1.75. The summed E-state index contributed by atoms with van der Waals surface area (Å²) >= 11 is 0. The molecule has 0 aliphatic carbocycles. The number of hydrogen-bond donors (Lipinski definition) is 0. The van der Waals surface area contributed by atoms with Crippen molar-refractivity contribution in [2.45, 2.75) is 0 Å². The second-order valence-corrected chi connectivity index (χ2v) is 16.4. The van der Waals surface area contributed by atoms with Crippen LogP contribution < -0.4 is 0 Å². The summed E-state index contributed by atoms with van der Waals surface area (Å²) in [6.07, 6.45) is 0. The average molecular weight is 830 g/mol. The smallest absolute Gasteiger partial charge is 0.164 e. The molecule has 0 aliphatic rings. The molecular weight excluding hydrogens is 791 g/mol. The topological polar surface area (TPSA) is 51.8 Å². The molecule has 0 unspecified atom stereocenters. The lowest BCUT2D eigenvalue weighted by Gasteiger charge is -2.13. The highest BCUT2D eigenvalue weighted by atomic mass is 16.3. The van der Waals surface area contributed by atoms with E-state index in [1.807, 2.05) is 30.3 Å². The van der Waals surface area contributed by atoms with Gasteiger partial charge in [0.1, 0.15) is 11.2 Å². The Labute approximate surface area is 376 Å². The van der Waals surface area contributed by atoms with Crippen molar-refractivity contribution in [2.24, 2.45) is 0 Å². The molecule has 0 saturated heterocycles.